The molecule has 2 heterocycles. The number of pyridine rings is 1. The number of hydrogen-bond donors (Lipinski definition) is 0. The molecule has 194 valence electrons. The van der Waals surface area contributed by atoms with E-state index in [0.29, 0.717) is 18.8 Å². The van der Waals surface area contributed by atoms with E-state index in [0.717, 1.165) is 22.3 Å². The molecule has 0 saturated carbocycles. The minimum absolute atomic E-state index is 0.200. The number of oxime groups is 1. The van der Waals surface area contributed by atoms with Gasteiger partial charge in [-0.25, -0.2) is 13.8 Å². The van der Waals surface area contributed by atoms with Crippen LogP contribution in [-0.4, -0.2) is 43.2 Å². The summed E-state index contributed by atoms with van der Waals surface area (Å²) in [5.41, 5.74) is 3.16. The largest absolute Gasteiger partial charge is 0.393 e. The number of anilines is 1. The smallest absolute Gasteiger partial charge is 0.165 e. The standard InChI is InChI=1S/C31H29F2N3O2/c1-23-17-29(33)30(34-18-23)36-19-28(20-36)35-38-22-27(32)21-37-31(24-11-5-2-6-12-24,25-13-7-3-8-14-25)26-15-9-4-10-16-26/h2-18,27H,19-22H2,1H3. The van der Waals surface area contributed by atoms with Crippen LogP contribution in [0, 0.1) is 12.7 Å². The lowest BCUT2D eigenvalue weighted by molar-refractivity contribution is -0.0372. The normalized spacial score (nSPS) is 14.1. The fourth-order valence-corrected chi connectivity index (χ4v) is 4.60. The molecule has 5 rings (SSSR count). The number of ether oxygens (including phenoxy) is 1. The summed E-state index contributed by atoms with van der Waals surface area (Å²) in [7, 11) is 0. The van der Waals surface area contributed by atoms with Crippen LogP contribution in [0.15, 0.2) is 108 Å². The Kier molecular flexibility index (Phi) is 7.75. The van der Waals surface area contributed by atoms with Gasteiger partial charge in [0.2, 0.25) is 0 Å². The third-order valence-electron chi connectivity index (χ3n) is 6.48. The Morgan fingerprint density at radius 1 is 0.868 bits per heavy atom. The van der Waals surface area contributed by atoms with Crippen LogP contribution < -0.4 is 4.90 Å². The van der Waals surface area contributed by atoms with Crippen LogP contribution in [0.5, 0.6) is 0 Å². The third kappa shape index (κ3) is 5.43. The number of rotatable bonds is 10. The fourth-order valence-electron chi connectivity index (χ4n) is 4.60. The van der Waals surface area contributed by atoms with Gasteiger partial charge in [-0.3, -0.25) is 0 Å². The van der Waals surface area contributed by atoms with E-state index in [1.807, 2.05) is 91.0 Å². The van der Waals surface area contributed by atoms with Crippen molar-refractivity contribution in [1.29, 1.82) is 0 Å². The summed E-state index contributed by atoms with van der Waals surface area (Å²) in [5.74, 6) is -0.0879. The van der Waals surface area contributed by atoms with E-state index in [2.05, 4.69) is 10.1 Å². The molecule has 4 aromatic rings. The molecular formula is C31H29F2N3O2. The topological polar surface area (TPSA) is 47.0 Å². The first-order valence-corrected chi connectivity index (χ1v) is 12.6. The van der Waals surface area contributed by atoms with Gasteiger partial charge in [0.1, 0.15) is 5.60 Å². The number of nitrogens with zero attached hydrogens (tertiary/aromatic N) is 3. The second-order valence-corrected chi connectivity index (χ2v) is 9.31. The Balaban J connectivity index is 1.26. The average molecular weight is 514 g/mol. The highest BCUT2D eigenvalue weighted by Gasteiger charge is 2.38. The molecule has 1 fully saturated rings. The summed E-state index contributed by atoms with van der Waals surface area (Å²) in [5, 5.41) is 4.04. The molecule has 7 heteroatoms. The number of benzene rings is 3. The van der Waals surface area contributed by atoms with Crippen LogP contribution in [0.4, 0.5) is 14.6 Å². The Morgan fingerprint density at radius 3 is 1.89 bits per heavy atom. The van der Waals surface area contributed by atoms with Crippen LogP contribution in [0.25, 0.3) is 0 Å². The summed E-state index contributed by atoms with van der Waals surface area (Å²) in [6.07, 6.45) is 0.209. The lowest BCUT2D eigenvalue weighted by atomic mass is 9.80. The van der Waals surface area contributed by atoms with E-state index in [1.54, 1.807) is 18.0 Å². The highest BCUT2D eigenvalue weighted by molar-refractivity contribution is 5.99. The molecule has 0 bridgehead atoms. The van der Waals surface area contributed by atoms with Crippen LogP contribution in [0.1, 0.15) is 22.3 Å². The van der Waals surface area contributed by atoms with E-state index < -0.39 is 11.8 Å². The van der Waals surface area contributed by atoms with E-state index in [1.165, 1.54) is 6.07 Å². The van der Waals surface area contributed by atoms with Gasteiger partial charge >= 0.3 is 0 Å². The molecule has 0 aliphatic carbocycles. The maximum atomic E-state index is 15.1. The van der Waals surface area contributed by atoms with Gasteiger partial charge in [-0.2, -0.15) is 0 Å². The van der Waals surface area contributed by atoms with Crippen molar-refractivity contribution >= 4 is 11.5 Å². The highest BCUT2D eigenvalue weighted by Crippen LogP contribution is 2.40. The quantitative estimate of drug-likeness (QED) is 0.191. The molecule has 1 saturated heterocycles. The molecule has 0 amide bonds. The number of aryl methyl sites for hydroxylation is 1. The molecule has 1 aliphatic rings. The Hall–Kier alpha value is -4.10. The number of alkyl halides is 1. The highest BCUT2D eigenvalue weighted by atomic mass is 19.1. The molecule has 3 aromatic carbocycles. The van der Waals surface area contributed by atoms with Gasteiger partial charge in [0, 0.05) is 6.20 Å². The van der Waals surface area contributed by atoms with Crippen molar-refractivity contribution in [3.63, 3.8) is 0 Å². The zero-order valence-electron chi connectivity index (χ0n) is 21.1. The van der Waals surface area contributed by atoms with Crippen molar-refractivity contribution in [1.82, 2.24) is 4.98 Å². The lowest BCUT2D eigenvalue weighted by Gasteiger charge is -2.36. The van der Waals surface area contributed by atoms with Gasteiger partial charge in [-0.05, 0) is 35.2 Å². The van der Waals surface area contributed by atoms with E-state index in [9.17, 15) is 4.39 Å². The van der Waals surface area contributed by atoms with Gasteiger partial charge in [0.05, 0.1) is 25.4 Å². The van der Waals surface area contributed by atoms with E-state index in [-0.39, 0.29) is 24.8 Å². The van der Waals surface area contributed by atoms with Gasteiger partial charge in [-0.1, -0.05) is 96.2 Å². The number of halogens is 2. The predicted octanol–water partition coefficient (Wildman–Crippen LogP) is 6.07. The zero-order valence-corrected chi connectivity index (χ0v) is 21.1. The van der Waals surface area contributed by atoms with Crippen molar-refractivity contribution in [2.45, 2.75) is 18.7 Å². The lowest BCUT2D eigenvalue weighted by Crippen LogP contribution is -2.48. The third-order valence-corrected chi connectivity index (χ3v) is 6.48. The minimum atomic E-state index is -1.41. The average Bonchev–Trinajstić information content (AvgIpc) is 2.93. The number of aromatic nitrogens is 1. The first-order chi connectivity index (χ1) is 18.6. The van der Waals surface area contributed by atoms with Crippen molar-refractivity contribution in [3.8, 4) is 0 Å². The monoisotopic (exact) mass is 513 g/mol. The second-order valence-electron chi connectivity index (χ2n) is 9.31. The maximum Gasteiger partial charge on any atom is 0.165 e. The van der Waals surface area contributed by atoms with E-state index >= 15 is 4.39 Å². The van der Waals surface area contributed by atoms with Crippen molar-refractivity contribution in [2.24, 2.45) is 5.16 Å². The van der Waals surface area contributed by atoms with E-state index in [4.69, 9.17) is 9.57 Å². The predicted molar refractivity (Wildman–Crippen MR) is 145 cm³/mol. The number of hydrogen-bond acceptors (Lipinski definition) is 5. The van der Waals surface area contributed by atoms with Crippen molar-refractivity contribution in [2.75, 3.05) is 31.2 Å². The second kappa shape index (κ2) is 11.5. The molecule has 1 aliphatic heterocycles. The fraction of sp³-hybridized carbons (Fsp3) is 0.226. The van der Waals surface area contributed by atoms with Gasteiger partial charge < -0.3 is 14.5 Å². The summed E-state index contributed by atoms with van der Waals surface area (Å²) in [6.45, 7) is 2.11. The molecule has 1 aromatic heterocycles. The van der Waals surface area contributed by atoms with Gasteiger partial charge in [0.25, 0.3) is 0 Å². The molecule has 0 spiro atoms. The van der Waals surface area contributed by atoms with Crippen LogP contribution in [0.2, 0.25) is 0 Å². The molecule has 0 N–H and O–H groups in total. The Bertz CT molecular complexity index is 1260. The van der Waals surface area contributed by atoms with Gasteiger partial charge in [0.15, 0.2) is 24.4 Å². The maximum absolute atomic E-state index is 15.1. The molecular weight excluding hydrogens is 484 g/mol. The SMILES string of the molecule is Cc1cnc(N2CC(=NOCC(F)COC(c3ccccc3)(c3ccccc3)c3ccccc3)C2)c(F)c1. The zero-order chi connectivity index (χ0) is 26.4. The molecule has 1 unspecified atom stereocenters. The summed E-state index contributed by atoms with van der Waals surface area (Å²) in [6, 6.07) is 30.9. The Labute approximate surface area is 221 Å². The summed E-state index contributed by atoms with van der Waals surface area (Å²) < 4.78 is 35.7. The minimum Gasteiger partial charge on any atom is -0.393 e. The van der Waals surface area contributed by atoms with Gasteiger partial charge in [-0.15, -0.1) is 0 Å². The first kappa shape index (κ1) is 25.5. The summed E-state index contributed by atoms with van der Waals surface area (Å²) >= 11 is 0. The van der Waals surface area contributed by atoms with Crippen LogP contribution >= 0.6 is 0 Å². The van der Waals surface area contributed by atoms with Crippen molar-refractivity contribution in [3.05, 3.63) is 131 Å². The van der Waals surface area contributed by atoms with Crippen LogP contribution in [-0.2, 0) is 15.2 Å². The Morgan fingerprint density at radius 2 is 1.39 bits per heavy atom. The van der Waals surface area contributed by atoms with Crippen LogP contribution in [0.3, 0.4) is 0 Å². The molecule has 0 radical (unpaired) electrons. The summed E-state index contributed by atoms with van der Waals surface area (Å²) in [4.78, 5) is 11.2. The first-order valence-electron chi connectivity index (χ1n) is 12.6. The van der Waals surface area contributed by atoms with Crippen molar-refractivity contribution < 1.29 is 18.4 Å². The molecule has 5 nitrogen and oxygen atoms in total. The molecule has 1 atom stereocenters. The molecule has 38 heavy (non-hydrogen) atoms.